The molecule has 1 saturated heterocycles. The third kappa shape index (κ3) is 2.58. The molecule has 0 aromatic carbocycles. The molecule has 3 aliphatic rings. The minimum absolute atomic E-state index is 0.0358. The molecule has 0 amide bonds. The molecule has 122 valence electrons. The van der Waals surface area contributed by atoms with Gasteiger partial charge in [0.15, 0.2) is 0 Å². The maximum absolute atomic E-state index is 12.7. The predicted octanol–water partition coefficient (Wildman–Crippen LogP) is 3.85. The fourth-order valence-electron chi connectivity index (χ4n) is 4.70. The Morgan fingerprint density at radius 2 is 2.00 bits per heavy atom. The number of rotatable bonds is 4. The molecule has 0 radical (unpaired) electrons. The lowest BCUT2D eigenvalue weighted by Crippen LogP contribution is -2.51. The Kier molecular flexibility index (Phi) is 3.83. The molecule has 0 N–H and O–H groups in total. The second kappa shape index (κ2) is 5.30. The monoisotopic (exact) mass is 304 g/mol. The highest BCUT2D eigenvalue weighted by Crippen LogP contribution is 2.60. The van der Waals surface area contributed by atoms with E-state index in [1.165, 1.54) is 5.57 Å². The summed E-state index contributed by atoms with van der Waals surface area (Å²) in [5, 5.41) is 0. The molecule has 3 nitrogen and oxygen atoms in total. The first-order valence-corrected chi connectivity index (χ1v) is 8.64. The summed E-state index contributed by atoms with van der Waals surface area (Å²) in [6.45, 7) is 10.2. The van der Waals surface area contributed by atoms with Crippen molar-refractivity contribution in [1.29, 1.82) is 0 Å². The molecule has 0 unspecified atom stereocenters. The molecule has 22 heavy (non-hydrogen) atoms. The van der Waals surface area contributed by atoms with E-state index in [2.05, 4.69) is 20.4 Å². The van der Waals surface area contributed by atoms with Crippen molar-refractivity contribution in [2.45, 2.75) is 77.4 Å². The Bertz CT molecular complexity index is 523. The van der Waals surface area contributed by atoms with Gasteiger partial charge in [-0.3, -0.25) is 4.79 Å². The molecule has 5 atom stereocenters. The van der Waals surface area contributed by atoms with Gasteiger partial charge in [-0.25, -0.2) is 0 Å². The zero-order valence-electron chi connectivity index (χ0n) is 14.1. The molecule has 0 aromatic rings. The fourth-order valence-corrected chi connectivity index (χ4v) is 4.70. The van der Waals surface area contributed by atoms with Crippen LogP contribution in [0.3, 0.4) is 0 Å². The van der Waals surface area contributed by atoms with Crippen molar-refractivity contribution in [3.05, 3.63) is 12.2 Å². The maximum atomic E-state index is 12.7. The average molecular weight is 304 g/mol. The summed E-state index contributed by atoms with van der Waals surface area (Å²) < 4.78 is 5.87. The largest absolute Gasteiger partial charge is 0.366 e. The molecule has 1 aliphatic heterocycles. The number of epoxide rings is 1. The Balaban J connectivity index is 1.71. The summed E-state index contributed by atoms with van der Waals surface area (Å²) in [7, 11) is 0. The Morgan fingerprint density at radius 1 is 1.27 bits per heavy atom. The zero-order chi connectivity index (χ0) is 16.1. The number of carbonyl (C=O) groups excluding carboxylic acids is 2. The Morgan fingerprint density at radius 3 is 2.68 bits per heavy atom. The summed E-state index contributed by atoms with van der Waals surface area (Å²) in [6.07, 6.45) is 6.29. The summed E-state index contributed by atoms with van der Waals surface area (Å²) in [5.41, 5.74) is 1.09. The highest BCUT2D eigenvalue weighted by Gasteiger charge is 2.58. The number of Topliss-reactive ketones (excluding diaryl/α,β-unsaturated/α-hetero) is 2. The summed E-state index contributed by atoms with van der Waals surface area (Å²) in [4.78, 5) is 23.8. The van der Waals surface area contributed by atoms with Gasteiger partial charge in [0.05, 0.1) is 11.7 Å². The van der Waals surface area contributed by atoms with Crippen molar-refractivity contribution < 1.29 is 14.3 Å². The van der Waals surface area contributed by atoms with Crippen LogP contribution in [0, 0.1) is 17.3 Å². The van der Waals surface area contributed by atoms with Gasteiger partial charge in [0, 0.05) is 18.3 Å². The highest BCUT2D eigenvalue weighted by molar-refractivity contribution is 5.89. The molecule has 1 heterocycles. The molecule has 3 rings (SSSR count). The van der Waals surface area contributed by atoms with Crippen LogP contribution in [0.2, 0.25) is 0 Å². The summed E-state index contributed by atoms with van der Waals surface area (Å²) in [6, 6.07) is 0. The van der Waals surface area contributed by atoms with Gasteiger partial charge in [-0.2, -0.15) is 0 Å². The van der Waals surface area contributed by atoms with Crippen LogP contribution in [-0.4, -0.2) is 23.3 Å². The number of ketones is 2. The number of carbonyl (C=O) groups is 2. The predicted molar refractivity (Wildman–Crippen MR) is 85.5 cm³/mol. The van der Waals surface area contributed by atoms with Crippen molar-refractivity contribution in [2.24, 2.45) is 17.3 Å². The van der Waals surface area contributed by atoms with Gasteiger partial charge >= 0.3 is 0 Å². The van der Waals surface area contributed by atoms with Crippen molar-refractivity contribution in [3.8, 4) is 0 Å². The first-order chi connectivity index (χ1) is 10.3. The van der Waals surface area contributed by atoms with E-state index in [-0.39, 0.29) is 22.6 Å². The van der Waals surface area contributed by atoms with Gasteiger partial charge in [0.2, 0.25) is 0 Å². The molecule has 0 bridgehead atoms. The summed E-state index contributed by atoms with van der Waals surface area (Å²) in [5.74, 6) is 1.26. The molecule has 2 aliphatic carbocycles. The standard InChI is InChI=1S/C19H28O3/c1-12-5-8-17-19(4,22-17)10-9-15-14(12)11-18(15,3)16(21)7-6-13(2)20/h14-15,17H,1,5-11H2,2-4H3/t14-,15-,17-,18-,19-/m1/s1. The van der Waals surface area contributed by atoms with Crippen molar-refractivity contribution in [2.75, 3.05) is 0 Å². The Labute approximate surface area is 133 Å². The van der Waals surface area contributed by atoms with Gasteiger partial charge < -0.3 is 9.53 Å². The normalized spacial score (nSPS) is 43.8. The van der Waals surface area contributed by atoms with Gasteiger partial charge in [-0.05, 0) is 57.8 Å². The van der Waals surface area contributed by atoms with Crippen LogP contribution >= 0.6 is 0 Å². The minimum atomic E-state index is -0.256. The lowest BCUT2D eigenvalue weighted by molar-refractivity contribution is -0.144. The third-order valence-electron chi connectivity index (χ3n) is 6.53. The van der Waals surface area contributed by atoms with E-state index in [4.69, 9.17) is 4.74 Å². The molecule has 0 aromatic heterocycles. The second-order valence-electron chi connectivity index (χ2n) is 8.11. The second-order valence-corrected chi connectivity index (χ2v) is 8.11. The van der Waals surface area contributed by atoms with Crippen molar-refractivity contribution in [1.82, 2.24) is 0 Å². The van der Waals surface area contributed by atoms with E-state index >= 15 is 0 Å². The van der Waals surface area contributed by atoms with Crippen LogP contribution in [0.15, 0.2) is 12.2 Å². The molecular weight excluding hydrogens is 276 g/mol. The fraction of sp³-hybridized carbons (Fsp3) is 0.789. The summed E-state index contributed by atoms with van der Waals surface area (Å²) >= 11 is 0. The van der Waals surface area contributed by atoms with Crippen molar-refractivity contribution in [3.63, 3.8) is 0 Å². The molecule has 3 heteroatoms. The SMILES string of the molecule is C=C1CC[C@H]2O[C@]2(C)CC[C@@H]2[C@@H]1C[C@@]2(C)C(=O)CCC(C)=O. The molecule has 0 spiro atoms. The lowest BCUT2D eigenvalue weighted by Gasteiger charge is -2.53. The molecule has 3 fully saturated rings. The first-order valence-electron chi connectivity index (χ1n) is 8.64. The number of fused-ring (bicyclic) bond motifs is 2. The van der Waals surface area contributed by atoms with Crippen LogP contribution < -0.4 is 0 Å². The number of hydrogen-bond acceptors (Lipinski definition) is 3. The smallest absolute Gasteiger partial charge is 0.139 e. The van der Waals surface area contributed by atoms with Crippen LogP contribution in [0.5, 0.6) is 0 Å². The van der Waals surface area contributed by atoms with E-state index in [1.807, 2.05) is 0 Å². The quantitative estimate of drug-likeness (QED) is 0.585. The van der Waals surface area contributed by atoms with Crippen molar-refractivity contribution >= 4 is 11.6 Å². The topological polar surface area (TPSA) is 46.7 Å². The molecule has 2 saturated carbocycles. The highest BCUT2D eigenvalue weighted by atomic mass is 16.6. The maximum Gasteiger partial charge on any atom is 0.139 e. The van der Waals surface area contributed by atoms with Crippen LogP contribution in [0.25, 0.3) is 0 Å². The van der Waals surface area contributed by atoms with Crippen LogP contribution in [-0.2, 0) is 14.3 Å². The minimum Gasteiger partial charge on any atom is -0.366 e. The van der Waals surface area contributed by atoms with Gasteiger partial charge in [0.25, 0.3) is 0 Å². The van der Waals surface area contributed by atoms with Crippen LogP contribution in [0.4, 0.5) is 0 Å². The number of allylic oxidation sites excluding steroid dienone is 1. The number of hydrogen-bond donors (Lipinski definition) is 0. The third-order valence-corrected chi connectivity index (χ3v) is 6.53. The van der Waals surface area contributed by atoms with E-state index in [1.54, 1.807) is 6.92 Å². The van der Waals surface area contributed by atoms with E-state index in [0.29, 0.717) is 30.8 Å². The van der Waals surface area contributed by atoms with E-state index in [0.717, 1.165) is 32.1 Å². The van der Waals surface area contributed by atoms with Gasteiger partial charge in [0.1, 0.15) is 11.6 Å². The van der Waals surface area contributed by atoms with E-state index in [9.17, 15) is 9.59 Å². The average Bonchev–Trinajstić information content (AvgIpc) is 3.08. The number of ether oxygens (including phenoxy) is 1. The van der Waals surface area contributed by atoms with E-state index < -0.39 is 0 Å². The van der Waals surface area contributed by atoms with Gasteiger partial charge in [-0.1, -0.05) is 19.1 Å². The lowest BCUT2D eigenvalue weighted by atomic mass is 9.49. The molecular formula is C19H28O3. The van der Waals surface area contributed by atoms with Crippen LogP contribution in [0.1, 0.15) is 65.7 Å². The Hall–Kier alpha value is -0.960. The van der Waals surface area contributed by atoms with Gasteiger partial charge in [-0.15, -0.1) is 0 Å². The zero-order valence-corrected chi connectivity index (χ0v) is 14.1. The first kappa shape index (κ1) is 15.9.